The minimum absolute atomic E-state index is 0.152. The highest BCUT2D eigenvalue weighted by Gasteiger charge is 2.27. The van der Waals surface area contributed by atoms with Crippen LogP contribution in [-0.4, -0.2) is 16.0 Å². The summed E-state index contributed by atoms with van der Waals surface area (Å²) in [6.07, 6.45) is 4.34. The number of hydrogen-bond acceptors (Lipinski definition) is 1. The first-order valence-corrected chi connectivity index (χ1v) is 9.47. The highest BCUT2D eigenvalue weighted by molar-refractivity contribution is 5.31. The molecule has 0 fully saturated rings. The van der Waals surface area contributed by atoms with E-state index in [2.05, 4.69) is 59.0 Å². The number of benzene rings is 2. The van der Waals surface area contributed by atoms with Crippen LogP contribution in [0.3, 0.4) is 0 Å². The summed E-state index contributed by atoms with van der Waals surface area (Å²) in [4.78, 5) is 2.52. The highest BCUT2D eigenvalue weighted by Crippen LogP contribution is 2.33. The van der Waals surface area contributed by atoms with Crippen LogP contribution in [0.5, 0.6) is 0 Å². The second-order valence-corrected chi connectivity index (χ2v) is 7.07. The van der Waals surface area contributed by atoms with Gasteiger partial charge in [0, 0.05) is 31.5 Å². The van der Waals surface area contributed by atoms with E-state index in [4.69, 9.17) is 0 Å². The molecule has 2 heterocycles. The minimum Gasteiger partial charge on any atom is -0.350 e. The number of rotatable bonds is 4. The Morgan fingerprint density at radius 1 is 0.923 bits per heavy atom. The zero-order chi connectivity index (χ0) is 17.9. The van der Waals surface area contributed by atoms with E-state index in [1.165, 1.54) is 16.8 Å². The van der Waals surface area contributed by atoms with E-state index in [0.29, 0.717) is 0 Å². The van der Waals surface area contributed by atoms with Crippen molar-refractivity contribution in [2.45, 2.75) is 38.9 Å². The van der Waals surface area contributed by atoms with Crippen molar-refractivity contribution in [2.75, 3.05) is 6.54 Å². The maximum absolute atomic E-state index is 13.5. The molecule has 0 N–H and O–H groups in total. The Balaban J connectivity index is 1.69. The normalized spacial score (nSPS) is 17.7. The van der Waals surface area contributed by atoms with E-state index in [-0.39, 0.29) is 11.9 Å². The van der Waals surface area contributed by atoms with Crippen LogP contribution in [0.1, 0.15) is 41.8 Å². The largest absolute Gasteiger partial charge is 0.350 e. The highest BCUT2D eigenvalue weighted by atomic mass is 19.1. The molecule has 2 aromatic carbocycles. The van der Waals surface area contributed by atoms with Gasteiger partial charge in [0.25, 0.3) is 0 Å². The summed E-state index contributed by atoms with van der Waals surface area (Å²) >= 11 is 0. The fourth-order valence-corrected chi connectivity index (χ4v) is 3.95. The molecule has 134 valence electrons. The fourth-order valence-electron chi connectivity index (χ4n) is 3.95. The van der Waals surface area contributed by atoms with Gasteiger partial charge in [-0.3, -0.25) is 4.90 Å². The molecular weight excluding hydrogens is 323 g/mol. The molecule has 0 saturated carbocycles. The molecule has 3 aromatic rings. The van der Waals surface area contributed by atoms with E-state index in [0.717, 1.165) is 38.0 Å². The Labute approximate surface area is 154 Å². The first-order chi connectivity index (χ1) is 12.7. The van der Waals surface area contributed by atoms with Crippen molar-refractivity contribution in [3.63, 3.8) is 0 Å². The first-order valence-electron chi connectivity index (χ1n) is 9.47. The number of nitrogens with zero attached hydrogens (tertiary/aromatic N) is 2. The summed E-state index contributed by atoms with van der Waals surface area (Å²) in [6, 6.07) is 20.4. The van der Waals surface area contributed by atoms with E-state index in [1.807, 2.05) is 12.1 Å². The quantitative estimate of drug-likeness (QED) is 0.630. The Bertz CT molecular complexity index is 849. The molecule has 1 aliphatic heterocycles. The van der Waals surface area contributed by atoms with E-state index < -0.39 is 0 Å². The molecule has 0 saturated heterocycles. The summed E-state index contributed by atoms with van der Waals surface area (Å²) in [5.41, 5.74) is 5.14. The average Bonchev–Trinajstić information content (AvgIpc) is 3.05. The molecule has 0 spiro atoms. The number of fused-ring (bicyclic) bond motifs is 1. The molecule has 1 aliphatic rings. The number of aromatic nitrogens is 1. The van der Waals surface area contributed by atoms with Crippen LogP contribution in [0.15, 0.2) is 66.9 Å². The van der Waals surface area contributed by atoms with Crippen molar-refractivity contribution < 1.29 is 4.39 Å². The molecule has 1 atom stereocenters. The van der Waals surface area contributed by atoms with Gasteiger partial charge < -0.3 is 4.57 Å². The molecule has 0 amide bonds. The molecule has 0 bridgehead atoms. The van der Waals surface area contributed by atoms with Crippen LogP contribution >= 0.6 is 0 Å². The Morgan fingerprint density at radius 2 is 1.65 bits per heavy atom. The van der Waals surface area contributed by atoms with Crippen LogP contribution in [0.4, 0.5) is 4.39 Å². The number of halogens is 1. The van der Waals surface area contributed by atoms with Crippen LogP contribution in [0.25, 0.3) is 0 Å². The van der Waals surface area contributed by atoms with Crippen LogP contribution < -0.4 is 0 Å². The molecule has 0 radical (unpaired) electrons. The molecule has 2 nitrogen and oxygen atoms in total. The Kier molecular flexibility index (Phi) is 4.89. The van der Waals surface area contributed by atoms with Gasteiger partial charge in [0.1, 0.15) is 5.82 Å². The summed E-state index contributed by atoms with van der Waals surface area (Å²) in [5.74, 6) is -0.181. The van der Waals surface area contributed by atoms with Crippen LogP contribution in [0, 0.1) is 5.82 Å². The van der Waals surface area contributed by atoms with Crippen molar-refractivity contribution in [1.82, 2.24) is 9.47 Å². The standard InChI is InChI=1S/C23H25FN2/c1-2-18-6-8-19(9-7-18)17-26-16-4-15-25-14-3-5-22(25)23(26)20-10-12-21(24)13-11-20/h3,5-14,23H,2,4,15-17H2,1H3/t23-/m1/s1. The fraction of sp³-hybridized carbons (Fsp3) is 0.304. The summed E-state index contributed by atoms with van der Waals surface area (Å²) in [6.45, 7) is 5.14. The van der Waals surface area contributed by atoms with Crippen LogP contribution in [0.2, 0.25) is 0 Å². The van der Waals surface area contributed by atoms with Gasteiger partial charge in [-0.2, -0.15) is 0 Å². The van der Waals surface area contributed by atoms with Crippen molar-refractivity contribution in [2.24, 2.45) is 0 Å². The van der Waals surface area contributed by atoms with Crippen molar-refractivity contribution in [3.05, 3.63) is 95.1 Å². The van der Waals surface area contributed by atoms with Gasteiger partial charge in [0.15, 0.2) is 0 Å². The van der Waals surface area contributed by atoms with E-state index in [1.54, 1.807) is 12.1 Å². The van der Waals surface area contributed by atoms with Gasteiger partial charge in [-0.15, -0.1) is 0 Å². The third kappa shape index (κ3) is 3.45. The molecule has 26 heavy (non-hydrogen) atoms. The van der Waals surface area contributed by atoms with Crippen molar-refractivity contribution in [1.29, 1.82) is 0 Å². The van der Waals surface area contributed by atoms with Crippen LogP contribution in [-0.2, 0) is 19.5 Å². The maximum atomic E-state index is 13.5. The smallest absolute Gasteiger partial charge is 0.123 e. The van der Waals surface area contributed by atoms with Gasteiger partial charge in [-0.25, -0.2) is 4.39 Å². The lowest BCUT2D eigenvalue weighted by Gasteiger charge is -2.30. The Hall–Kier alpha value is -2.39. The Morgan fingerprint density at radius 3 is 2.38 bits per heavy atom. The second kappa shape index (κ2) is 7.46. The zero-order valence-corrected chi connectivity index (χ0v) is 15.2. The first kappa shape index (κ1) is 17.0. The third-order valence-corrected chi connectivity index (χ3v) is 5.36. The zero-order valence-electron chi connectivity index (χ0n) is 15.2. The number of aryl methyl sites for hydroxylation is 2. The van der Waals surface area contributed by atoms with Gasteiger partial charge in [0.2, 0.25) is 0 Å². The summed E-state index contributed by atoms with van der Waals surface area (Å²) in [7, 11) is 0. The van der Waals surface area contributed by atoms with Gasteiger partial charge in [-0.05, 0) is 53.8 Å². The molecule has 1 aromatic heterocycles. The third-order valence-electron chi connectivity index (χ3n) is 5.36. The van der Waals surface area contributed by atoms with Gasteiger partial charge in [0.05, 0.1) is 6.04 Å². The molecule has 0 aliphatic carbocycles. The summed E-state index contributed by atoms with van der Waals surface area (Å²) in [5, 5.41) is 0. The molecule has 3 heteroatoms. The average molecular weight is 348 g/mol. The second-order valence-electron chi connectivity index (χ2n) is 7.07. The number of hydrogen-bond donors (Lipinski definition) is 0. The summed E-state index contributed by atoms with van der Waals surface area (Å²) < 4.78 is 15.8. The molecule has 4 rings (SSSR count). The lowest BCUT2D eigenvalue weighted by atomic mass is 10.0. The molecule has 0 unspecified atom stereocenters. The topological polar surface area (TPSA) is 8.17 Å². The predicted octanol–water partition coefficient (Wildman–Crippen LogP) is 5.18. The van der Waals surface area contributed by atoms with Crippen molar-refractivity contribution in [3.8, 4) is 0 Å². The van der Waals surface area contributed by atoms with Gasteiger partial charge in [-0.1, -0.05) is 43.3 Å². The predicted molar refractivity (Wildman–Crippen MR) is 104 cm³/mol. The van der Waals surface area contributed by atoms with E-state index >= 15 is 0 Å². The maximum Gasteiger partial charge on any atom is 0.123 e. The SMILES string of the molecule is CCc1ccc(CN2CCCn3cccc3[C@H]2c2ccc(F)cc2)cc1. The lowest BCUT2D eigenvalue weighted by Crippen LogP contribution is -2.29. The van der Waals surface area contributed by atoms with E-state index in [9.17, 15) is 4.39 Å². The lowest BCUT2D eigenvalue weighted by molar-refractivity contribution is 0.220. The van der Waals surface area contributed by atoms with Gasteiger partial charge >= 0.3 is 0 Å². The molecular formula is C23H25FN2. The van der Waals surface area contributed by atoms with Crippen molar-refractivity contribution >= 4 is 0 Å². The monoisotopic (exact) mass is 348 g/mol. The minimum atomic E-state index is -0.181.